The summed E-state index contributed by atoms with van der Waals surface area (Å²) in [5.41, 5.74) is -4.80. The second kappa shape index (κ2) is 13.7. The molecule has 0 amide bonds. The number of benzene rings is 6. The van der Waals surface area contributed by atoms with Crippen LogP contribution >= 0.6 is 0 Å². The van der Waals surface area contributed by atoms with E-state index in [1.54, 1.807) is 118 Å². The van der Waals surface area contributed by atoms with Gasteiger partial charge < -0.3 is 18.3 Å². The van der Waals surface area contributed by atoms with Gasteiger partial charge >= 0.3 is 11.9 Å². The van der Waals surface area contributed by atoms with Crippen molar-refractivity contribution in [2.75, 3.05) is 0 Å². The summed E-state index contributed by atoms with van der Waals surface area (Å²) in [5, 5.41) is 1.86. The molecule has 10 aromatic rings. The summed E-state index contributed by atoms with van der Waals surface area (Å²) in [6, 6.07) is 30.4. The molecule has 2 aliphatic heterocycles. The molecule has 0 N–H and O–H groups in total. The Morgan fingerprint density at radius 2 is 0.757 bits per heavy atom. The molecule has 12 nitrogen and oxygen atoms in total. The molecule has 2 aliphatic carbocycles. The second-order valence-electron chi connectivity index (χ2n) is 22.5. The van der Waals surface area contributed by atoms with Crippen LogP contribution in [0.2, 0.25) is 0 Å². The number of carbonyl (C=O) groups excluding carboxylic acids is 4. The zero-order valence-corrected chi connectivity index (χ0v) is 41.2. The Balaban J connectivity index is 0.986. The highest BCUT2D eigenvalue weighted by Crippen LogP contribution is 2.67. The average molecular weight is 977 g/mol. The van der Waals surface area contributed by atoms with Gasteiger partial charge in [0.05, 0.1) is 43.9 Å². The summed E-state index contributed by atoms with van der Waals surface area (Å²) in [7, 11) is 0. The number of carbonyl (C=O) groups is 4. The van der Waals surface area contributed by atoms with Crippen LogP contribution in [0.5, 0.6) is 0 Å². The van der Waals surface area contributed by atoms with Gasteiger partial charge in [0, 0.05) is 76.2 Å². The maximum absolute atomic E-state index is 15.1. The van der Waals surface area contributed by atoms with Crippen LogP contribution in [0.15, 0.2) is 128 Å². The van der Waals surface area contributed by atoms with Crippen LogP contribution in [0.4, 0.5) is 0 Å². The predicted octanol–water partition coefficient (Wildman–Crippen LogP) is 9.44. The number of nitrogens with zero attached hydrogens (tertiary/aromatic N) is 2. The average Bonchev–Trinajstić information content (AvgIpc) is 4.01. The molecule has 6 heterocycles. The molecule has 2 saturated carbocycles. The highest BCUT2D eigenvalue weighted by molar-refractivity contribution is 6.19. The van der Waals surface area contributed by atoms with Gasteiger partial charge in [0.1, 0.15) is 0 Å². The molecular weight excluding hydrogens is 933 g/mol. The lowest BCUT2D eigenvalue weighted by Crippen LogP contribution is -2.48. The van der Waals surface area contributed by atoms with E-state index in [1.165, 1.54) is 0 Å². The Hall–Kier alpha value is -8.56. The van der Waals surface area contributed by atoms with E-state index < -0.39 is 67.2 Å². The van der Waals surface area contributed by atoms with Crippen molar-refractivity contribution in [3.05, 3.63) is 172 Å². The quantitative estimate of drug-likeness (QED) is 0.0546. The largest absolute Gasteiger partial charge is 0.450 e. The molecule has 14 rings (SSSR count). The minimum atomic E-state index is -1.47. The van der Waals surface area contributed by atoms with Crippen LogP contribution < -0.4 is 21.7 Å². The van der Waals surface area contributed by atoms with Crippen LogP contribution in [0.3, 0.4) is 0 Å². The molecule has 4 fully saturated rings. The van der Waals surface area contributed by atoms with Gasteiger partial charge in [0.2, 0.25) is 11.6 Å². The Labute approximate surface area is 419 Å². The highest BCUT2D eigenvalue weighted by atomic mass is 16.6. The first-order chi connectivity index (χ1) is 35.2. The number of fused-ring (bicyclic) bond motifs is 12. The van der Waals surface area contributed by atoms with Gasteiger partial charge in [0.15, 0.2) is 32.9 Å². The molecule has 0 radical (unpaired) electrons. The van der Waals surface area contributed by atoms with E-state index in [1.807, 2.05) is 41.5 Å². The number of ketones is 2. The van der Waals surface area contributed by atoms with Crippen molar-refractivity contribution < 1.29 is 28.7 Å². The third kappa shape index (κ3) is 4.82. The molecule has 2 saturated heterocycles. The van der Waals surface area contributed by atoms with Crippen LogP contribution in [-0.2, 0) is 19.1 Å². The summed E-state index contributed by atoms with van der Waals surface area (Å²) in [6.07, 6.45) is 1.59. The number of hydrogen-bond acceptors (Lipinski definition) is 10. The molecule has 4 bridgehead atoms. The number of esters is 2. The van der Waals surface area contributed by atoms with E-state index in [4.69, 9.17) is 9.47 Å². The number of para-hydroxylation sites is 4. The van der Waals surface area contributed by atoms with Crippen molar-refractivity contribution in [2.24, 2.45) is 21.7 Å². The maximum Gasteiger partial charge on any atom is 0.313 e. The summed E-state index contributed by atoms with van der Waals surface area (Å²) in [5.74, 6) is 4.65. The predicted molar refractivity (Wildman–Crippen MR) is 282 cm³/mol. The lowest BCUT2D eigenvalue weighted by molar-refractivity contribution is -0.157. The van der Waals surface area contributed by atoms with E-state index in [2.05, 4.69) is 11.8 Å². The van der Waals surface area contributed by atoms with Gasteiger partial charge in [-0.15, -0.1) is 0 Å². The van der Waals surface area contributed by atoms with Crippen molar-refractivity contribution in [2.45, 2.75) is 78.4 Å². The molecule has 0 spiro atoms. The summed E-state index contributed by atoms with van der Waals surface area (Å²) < 4.78 is 15.7. The van der Waals surface area contributed by atoms with Crippen molar-refractivity contribution in [3.8, 4) is 11.8 Å². The number of Topliss-reactive ketones (excluding diaryl/α,β-unsaturated/α-hetero) is 2. The summed E-state index contributed by atoms with van der Waals surface area (Å²) >= 11 is 0. The fraction of sp³-hybridized carbons (Fsp3) is 0.258. The Morgan fingerprint density at radius 1 is 0.419 bits per heavy atom. The lowest BCUT2D eigenvalue weighted by Gasteiger charge is -2.35. The van der Waals surface area contributed by atoms with E-state index >= 15 is 9.59 Å². The van der Waals surface area contributed by atoms with Gasteiger partial charge in [-0.25, -0.2) is 0 Å². The van der Waals surface area contributed by atoms with Gasteiger partial charge in [-0.3, -0.25) is 38.4 Å². The molecular formula is C62H44N2O10. The van der Waals surface area contributed by atoms with E-state index in [0.29, 0.717) is 80.7 Å². The number of ether oxygens (including phenoxy) is 2. The molecule has 4 atom stereocenters. The van der Waals surface area contributed by atoms with Crippen molar-refractivity contribution in [3.63, 3.8) is 0 Å². The number of aromatic nitrogens is 2. The number of rotatable bonds is 4. The molecule has 0 unspecified atom stereocenters. The van der Waals surface area contributed by atoms with Crippen LogP contribution in [0.1, 0.15) is 99.1 Å². The molecule has 362 valence electrons. The molecule has 12 heteroatoms. The molecule has 4 aromatic heterocycles. The normalized spacial score (nSPS) is 24.5. The fourth-order valence-corrected chi connectivity index (χ4v) is 14.0. The van der Waals surface area contributed by atoms with E-state index in [0.717, 1.165) is 0 Å². The second-order valence-corrected chi connectivity index (χ2v) is 22.5. The first-order valence-electron chi connectivity index (χ1n) is 24.9. The minimum Gasteiger partial charge on any atom is -0.450 e. The first-order valence-corrected chi connectivity index (χ1v) is 24.9. The Bertz CT molecular complexity index is 4410. The zero-order valence-electron chi connectivity index (χ0n) is 41.2. The topological polar surface area (TPSA) is 164 Å². The summed E-state index contributed by atoms with van der Waals surface area (Å²) in [6.45, 7) is 11.2. The third-order valence-electron chi connectivity index (χ3n) is 19.2. The van der Waals surface area contributed by atoms with Crippen LogP contribution in [-0.4, -0.2) is 43.5 Å². The Kier molecular flexibility index (Phi) is 8.19. The van der Waals surface area contributed by atoms with Gasteiger partial charge in [-0.1, -0.05) is 75.9 Å². The van der Waals surface area contributed by atoms with Gasteiger partial charge in [0.25, 0.3) is 0 Å². The zero-order chi connectivity index (χ0) is 51.6. The van der Waals surface area contributed by atoms with Gasteiger partial charge in [-0.2, -0.15) is 0 Å². The minimum absolute atomic E-state index is 0.184. The van der Waals surface area contributed by atoms with E-state index in [9.17, 15) is 28.8 Å². The first kappa shape index (κ1) is 44.2. The molecule has 4 aliphatic rings. The fourth-order valence-electron chi connectivity index (χ4n) is 14.0. The Morgan fingerprint density at radius 3 is 1.09 bits per heavy atom. The van der Waals surface area contributed by atoms with Crippen LogP contribution in [0.25, 0.3) is 76.2 Å². The van der Waals surface area contributed by atoms with Gasteiger partial charge in [-0.05, 0) is 112 Å². The number of hydrogen-bond donors (Lipinski definition) is 0. The van der Waals surface area contributed by atoms with E-state index in [-0.39, 0.29) is 54.3 Å². The highest BCUT2D eigenvalue weighted by Gasteiger charge is 2.76. The lowest BCUT2D eigenvalue weighted by atomic mass is 9.64. The van der Waals surface area contributed by atoms with Crippen LogP contribution in [0, 0.1) is 33.5 Å². The van der Waals surface area contributed by atoms with Crippen molar-refractivity contribution in [1.29, 1.82) is 0 Å². The van der Waals surface area contributed by atoms with Crippen molar-refractivity contribution in [1.82, 2.24) is 8.80 Å². The standard InChI is InChI=1S/C62H44N2O10/c1-57(2)59(5)23-25-61(57,73-55(59)71)53(69)37-17-11-15-35-45(37)63-43-19-9-7-13-33(43)49(65)39-27-31(29-41(47(39)63)51(35)67)21-22-32-28-40-48-42(30-32)52(68)36-16-12-18-38(46(36)64(48)44-20-10-8-14-34(44)50(40)66)54(70)62-26-24-60(6,56(72)74-62)58(62,3)4/h7-20,27-30H,23-26H2,1-6H3/t59-,60-,61+,62+/m0/s1. The molecule has 74 heavy (non-hydrogen) atoms. The number of pyridine rings is 4. The summed E-state index contributed by atoms with van der Waals surface area (Å²) in [4.78, 5) is 116. The monoisotopic (exact) mass is 976 g/mol. The maximum atomic E-state index is 15.1. The SMILES string of the molecule is CC1(C)[C@@]2(C)CC[C@]1(C(=O)c1cccc3c(=O)c4cc(C#Cc5cc6c(=O)c7ccccc7n7c8c(C(=O)[C@@]9%10CC[C@@](C)(C(=O)O9)C%10(C)C)cccc8c(=O)c(c5)c67)cc5c(=O)c6ccccc6n(c13)c54)OC2=O. The third-order valence-corrected chi connectivity index (χ3v) is 19.2. The molecule has 6 aromatic carbocycles. The van der Waals surface area contributed by atoms with Crippen molar-refractivity contribution >= 4 is 99.7 Å². The smallest absolute Gasteiger partial charge is 0.313 e.